The van der Waals surface area contributed by atoms with Gasteiger partial charge in [-0.15, -0.1) is 0 Å². The van der Waals surface area contributed by atoms with Crippen molar-refractivity contribution in [3.05, 3.63) is 52.1 Å². The maximum atomic E-state index is 13.8. The van der Waals surface area contributed by atoms with Crippen LogP contribution in [-0.4, -0.2) is 49.0 Å². The smallest absolute Gasteiger partial charge is 0.289 e. The summed E-state index contributed by atoms with van der Waals surface area (Å²) in [6.45, 7) is 3.36. The Balaban J connectivity index is 1.55. The molecule has 1 amide bonds. The number of carbonyl (C=O) groups excluding carboxylic acids is 1. The molecule has 1 aromatic carbocycles. The largest absolute Gasteiger partial charge is 0.494 e. The first-order valence-corrected chi connectivity index (χ1v) is 8.45. The number of carbonyl (C=O) groups is 1. The number of amides is 1. The van der Waals surface area contributed by atoms with E-state index in [1.54, 1.807) is 23.1 Å². The predicted molar refractivity (Wildman–Crippen MR) is 90.5 cm³/mol. The molecule has 0 saturated carbocycles. The average Bonchev–Trinajstić information content (AvgIpc) is 3.02. The minimum Gasteiger partial charge on any atom is -0.494 e. The Morgan fingerprint density at radius 1 is 1.25 bits per heavy atom. The van der Waals surface area contributed by atoms with Crippen LogP contribution in [0.15, 0.2) is 39.4 Å². The van der Waals surface area contributed by atoms with Crippen molar-refractivity contribution in [2.45, 2.75) is 6.54 Å². The lowest BCUT2D eigenvalue weighted by atomic mass is 10.1. The molecule has 0 atom stereocenters. The van der Waals surface area contributed by atoms with Crippen LogP contribution in [0.5, 0.6) is 5.75 Å². The van der Waals surface area contributed by atoms with E-state index in [9.17, 15) is 9.18 Å². The molecular weight excluding hydrogens is 379 g/mol. The van der Waals surface area contributed by atoms with E-state index in [4.69, 9.17) is 9.15 Å². The van der Waals surface area contributed by atoms with Crippen LogP contribution < -0.4 is 4.74 Å². The number of benzene rings is 1. The van der Waals surface area contributed by atoms with Gasteiger partial charge in [0.05, 0.1) is 7.11 Å². The number of methoxy groups -OCH3 is 1. The van der Waals surface area contributed by atoms with Gasteiger partial charge in [-0.25, -0.2) is 4.39 Å². The van der Waals surface area contributed by atoms with Gasteiger partial charge in [0.25, 0.3) is 5.91 Å². The van der Waals surface area contributed by atoms with Gasteiger partial charge in [0, 0.05) is 32.7 Å². The van der Waals surface area contributed by atoms with Crippen molar-refractivity contribution < 1.29 is 18.3 Å². The summed E-state index contributed by atoms with van der Waals surface area (Å²) in [5.74, 6) is 0.134. The topological polar surface area (TPSA) is 45.9 Å². The molecule has 0 N–H and O–H groups in total. The molecule has 128 valence electrons. The normalized spacial score (nSPS) is 15.5. The summed E-state index contributed by atoms with van der Waals surface area (Å²) in [5.41, 5.74) is 0.892. The highest BCUT2D eigenvalue weighted by atomic mass is 79.9. The highest BCUT2D eigenvalue weighted by Crippen LogP contribution is 2.20. The molecule has 1 saturated heterocycles. The fourth-order valence-electron chi connectivity index (χ4n) is 2.76. The maximum Gasteiger partial charge on any atom is 0.289 e. The highest BCUT2D eigenvalue weighted by molar-refractivity contribution is 9.10. The summed E-state index contributed by atoms with van der Waals surface area (Å²) in [6.07, 6.45) is 0. The molecule has 2 heterocycles. The van der Waals surface area contributed by atoms with Crippen LogP contribution in [0, 0.1) is 5.82 Å². The summed E-state index contributed by atoms with van der Waals surface area (Å²) in [6, 6.07) is 8.37. The van der Waals surface area contributed by atoms with Crippen LogP contribution in [0.2, 0.25) is 0 Å². The van der Waals surface area contributed by atoms with Crippen molar-refractivity contribution >= 4 is 21.8 Å². The van der Waals surface area contributed by atoms with Crippen molar-refractivity contribution in [2.75, 3.05) is 33.3 Å². The van der Waals surface area contributed by atoms with Gasteiger partial charge in [-0.1, -0.05) is 6.07 Å². The standard InChI is InChI=1S/C17H18BrFN2O3/c1-23-14-3-2-12(10-13(14)19)11-20-6-8-21(9-7-20)17(22)15-4-5-16(18)24-15/h2-5,10H,6-9,11H2,1H3. The molecule has 0 bridgehead atoms. The molecule has 1 fully saturated rings. The van der Waals surface area contributed by atoms with Crippen LogP contribution in [0.4, 0.5) is 4.39 Å². The van der Waals surface area contributed by atoms with E-state index in [-0.39, 0.29) is 17.5 Å². The van der Waals surface area contributed by atoms with Gasteiger partial charge in [0.15, 0.2) is 22.0 Å². The number of nitrogens with zero attached hydrogens (tertiary/aromatic N) is 2. The van der Waals surface area contributed by atoms with Gasteiger partial charge in [0.1, 0.15) is 0 Å². The lowest BCUT2D eigenvalue weighted by Gasteiger charge is -2.34. The second-order valence-corrected chi connectivity index (χ2v) is 6.42. The Bertz CT molecular complexity index is 726. The Kier molecular flexibility index (Phi) is 5.20. The summed E-state index contributed by atoms with van der Waals surface area (Å²) >= 11 is 3.20. The number of hydrogen-bond donors (Lipinski definition) is 0. The third kappa shape index (κ3) is 3.79. The van der Waals surface area contributed by atoms with Crippen molar-refractivity contribution in [2.24, 2.45) is 0 Å². The molecule has 24 heavy (non-hydrogen) atoms. The summed E-state index contributed by atoms with van der Waals surface area (Å²) in [5, 5.41) is 0. The molecule has 1 aromatic heterocycles. The minimum atomic E-state index is -0.354. The quantitative estimate of drug-likeness (QED) is 0.796. The first kappa shape index (κ1) is 17.0. The van der Waals surface area contributed by atoms with Crippen LogP contribution in [0.3, 0.4) is 0 Å². The van der Waals surface area contributed by atoms with Gasteiger partial charge in [-0.05, 0) is 45.8 Å². The monoisotopic (exact) mass is 396 g/mol. The molecular formula is C17H18BrFN2O3. The minimum absolute atomic E-state index is 0.101. The second kappa shape index (κ2) is 7.36. The Labute approximate surface area is 148 Å². The Morgan fingerprint density at radius 3 is 2.58 bits per heavy atom. The van der Waals surface area contributed by atoms with E-state index in [2.05, 4.69) is 20.8 Å². The van der Waals surface area contributed by atoms with E-state index >= 15 is 0 Å². The van der Waals surface area contributed by atoms with E-state index in [0.29, 0.717) is 30.1 Å². The van der Waals surface area contributed by atoms with Gasteiger partial charge < -0.3 is 14.1 Å². The highest BCUT2D eigenvalue weighted by Gasteiger charge is 2.24. The fourth-order valence-corrected chi connectivity index (χ4v) is 3.07. The molecule has 0 aliphatic carbocycles. The fraction of sp³-hybridized carbons (Fsp3) is 0.353. The zero-order chi connectivity index (χ0) is 17.1. The summed E-state index contributed by atoms with van der Waals surface area (Å²) in [4.78, 5) is 16.3. The second-order valence-electron chi connectivity index (χ2n) is 5.64. The molecule has 5 nitrogen and oxygen atoms in total. The van der Waals surface area contributed by atoms with Gasteiger partial charge in [0.2, 0.25) is 0 Å². The third-order valence-corrected chi connectivity index (χ3v) is 4.49. The first-order chi connectivity index (χ1) is 11.6. The van der Waals surface area contributed by atoms with Gasteiger partial charge in [-0.2, -0.15) is 0 Å². The molecule has 7 heteroatoms. The summed E-state index contributed by atoms with van der Waals surface area (Å²) in [7, 11) is 1.45. The zero-order valence-electron chi connectivity index (χ0n) is 13.3. The van der Waals surface area contributed by atoms with Crippen LogP contribution in [0.1, 0.15) is 16.1 Å². The van der Waals surface area contributed by atoms with E-state index in [1.807, 2.05) is 6.07 Å². The van der Waals surface area contributed by atoms with E-state index in [1.165, 1.54) is 13.2 Å². The van der Waals surface area contributed by atoms with Crippen molar-refractivity contribution in [1.29, 1.82) is 0 Å². The molecule has 1 aliphatic heterocycles. The van der Waals surface area contributed by atoms with Crippen molar-refractivity contribution in [1.82, 2.24) is 9.80 Å². The van der Waals surface area contributed by atoms with Crippen LogP contribution in [0.25, 0.3) is 0 Å². The number of piperazine rings is 1. The molecule has 2 aromatic rings. The zero-order valence-corrected chi connectivity index (χ0v) is 14.9. The number of halogens is 2. The summed E-state index contributed by atoms with van der Waals surface area (Å²) < 4.78 is 24.5. The first-order valence-electron chi connectivity index (χ1n) is 7.66. The van der Waals surface area contributed by atoms with Gasteiger partial charge >= 0.3 is 0 Å². The molecule has 0 unspecified atom stereocenters. The molecule has 0 spiro atoms. The van der Waals surface area contributed by atoms with Crippen LogP contribution in [-0.2, 0) is 6.54 Å². The number of hydrogen-bond acceptors (Lipinski definition) is 4. The molecule has 0 radical (unpaired) electrons. The Morgan fingerprint density at radius 2 is 2.00 bits per heavy atom. The molecule has 1 aliphatic rings. The average molecular weight is 397 g/mol. The maximum absolute atomic E-state index is 13.8. The number of rotatable bonds is 4. The lowest BCUT2D eigenvalue weighted by molar-refractivity contribution is 0.0596. The Hall–Kier alpha value is -1.86. The molecule has 3 rings (SSSR count). The van der Waals surface area contributed by atoms with E-state index in [0.717, 1.165) is 18.7 Å². The van der Waals surface area contributed by atoms with Gasteiger partial charge in [-0.3, -0.25) is 9.69 Å². The third-order valence-electron chi connectivity index (χ3n) is 4.07. The SMILES string of the molecule is COc1ccc(CN2CCN(C(=O)c3ccc(Br)o3)CC2)cc1F. The van der Waals surface area contributed by atoms with Crippen LogP contribution >= 0.6 is 15.9 Å². The lowest BCUT2D eigenvalue weighted by Crippen LogP contribution is -2.48. The van der Waals surface area contributed by atoms with Crippen molar-refractivity contribution in [3.8, 4) is 5.75 Å². The predicted octanol–water partition coefficient (Wildman–Crippen LogP) is 3.15. The number of ether oxygens (including phenoxy) is 1. The van der Waals surface area contributed by atoms with Crippen molar-refractivity contribution in [3.63, 3.8) is 0 Å². The number of furan rings is 1. The van der Waals surface area contributed by atoms with E-state index < -0.39 is 0 Å².